The van der Waals surface area contributed by atoms with Crippen LogP contribution in [-0.4, -0.2) is 22.2 Å². The molecule has 0 saturated heterocycles. The molecule has 0 aliphatic heterocycles. The maximum Gasteiger partial charge on any atom is 0.335 e. The van der Waals surface area contributed by atoms with Crippen LogP contribution in [0.4, 0.5) is 0 Å². The van der Waals surface area contributed by atoms with Crippen LogP contribution >= 0.6 is 0 Å². The zero-order chi connectivity index (χ0) is 14.7. The van der Waals surface area contributed by atoms with E-state index in [0.29, 0.717) is 16.7 Å². The molecule has 0 heterocycles. The molecule has 0 fully saturated rings. The summed E-state index contributed by atoms with van der Waals surface area (Å²) >= 11 is 0. The molecule has 4 nitrogen and oxygen atoms in total. The Balaban J connectivity index is 2.60. The molecule has 0 amide bonds. The van der Waals surface area contributed by atoms with E-state index >= 15 is 0 Å². The molecule has 4 heteroatoms. The molecule has 2 rings (SSSR count). The number of hydrogen-bond donors (Lipinski definition) is 2. The third kappa shape index (κ3) is 2.68. The lowest BCUT2D eigenvalue weighted by Gasteiger charge is -2.06. The summed E-state index contributed by atoms with van der Waals surface area (Å²) in [6.07, 6.45) is 5.31. The maximum absolute atomic E-state index is 11.1. The number of aromatic carboxylic acids is 2. The minimum Gasteiger partial charge on any atom is -0.478 e. The van der Waals surface area contributed by atoms with E-state index in [2.05, 4.69) is 5.92 Å². The SMILES string of the molecule is C#Cc1cc(C(=O)O)cc(-c2cccc(C(=O)O)c2)c1. The van der Waals surface area contributed by atoms with Crippen LogP contribution in [0.1, 0.15) is 26.3 Å². The van der Waals surface area contributed by atoms with Crippen LogP contribution < -0.4 is 0 Å². The summed E-state index contributed by atoms with van der Waals surface area (Å²) in [4.78, 5) is 22.0. The van der Waals surface area contributed by atoms with Crippen LogP contribution in [0.2, 0.25) is 0 Å². The monoisotopic (exact) mass is 266 g/mol. The molecule has 98 valence electrons. The summed E-state index contributed by atoms with van der Waals surface area (Å²) in [6, 6.07) is 10.7. The second-order valence-electron chi connectivity index (χ2n) is 4.13. The van der Waals surface area contributed by atoms with Gasteiger partial charge in [-0.05, 0) is 41.5 Å². The first-order chi connectivity index (χ1) is 9.51. The molecule has 2 aromatic rings. The molecule has 0 bridgehead atoms. The Morgan fingerprint density at radius 2 is 1.55 bits per heavy atom. The molecule has 0 aliphatic carbocycles. The van der Waals surface area contributed by atoms with E-state index in [1.54, 1.807) is 18.2 Å². The van der Waals surface area contributed by atoms with E-state index in [1.165, 1.54) is 24.3 Å². The maximum atomic E-state index is 11.1. The van der Waals surface area contributed by atoms with Crippen molar-refractivity contribution in [1.29, 1.82) is 0 Å². The summed E-state index contributed by atoms with van der Waals surface area (Å²) in [6.45, 7) is 0. The van der Waals surface area contributed by atoms with Crippen molar-refractivity contribution in [2.75, 3.05) is 0 Å². The van der Waals surface area contributed by atoms with Crippen molar-refractivity contribution in [2.24, 2.45) is 0 Å². The molecule has 20 heavy (non-hydrogen) atoms. The van der Waals surface area contributed by atoms with Gasteiger partial charge < -0.3 is 10.2 Å². The van der Waals surface area contributed by atoms with Gasteiger partial charge in [-0.15, -0.1) is 6.42 Å². The lowest BCUT2D eigenvalue weighted by atomic mass is 9.98. The van der Waals surface area contributed by atoms with Crippen molar-refractivity contribution in [3.8, 4) is 23.5 Å². The van der Waals surface area contributed by atoms with E-state index in [9.17, 15) is 9.59 Å². The molecular formula is C16H10O4. The van der Waals surface area contributed by atoms with Gasteiger partial charge in [0.25, 0.3) is 0 Å². The Labute approximate surface area is 115 Å². The fraction of sp³-hybridized carbons (Fsp3) is 0. The summed E-state index contributed by atoms with van der Waals surface area (Å²) in [5.74, 6) is 0.262. The van der Waals surface area contributed by atoms with E-state index < -0.39 is 11.9 Å². The van der Waals surface area contributed by atoms with Gasteiger partial charge in [-0.3, -0.25) is 0 Å². The predicted octanol–water partition coefficient (Wildman–Crippen LogP) is 2.73. The van der Waals surface area contributed by atoms with Crippen molar-refractivity contribution in [3.63, 3.8) is 0 Å². The van der Waals surface area contributed by atoms with Crippen LogP contribution in [0.25, 0.3) is 11.1 Å². The topological polar surface area (TPSA) is 74.6 Å². The third-order valence-electron chi connectivity index (χ3n) is 2.79. The first-order valence-corrected chi connectivity index (χ1v) is 5.70. The van der Waals surface area contributed by atoms with Gasteiger partial charge in [-0.2, -0.15) is 0 Å². The van der Waals surface area contributed by atoms with Crippen LogP contribution in [0, 0.1) is 12.3 Å². The molecule has 0 atom stereocenters. The lowest BCUT2D eigenvalue weighted by Crippen LogP contribution is -1.99. The number of carbonyl (C=O) groups is 2. The first kappa shape index (κ1) is 13.4. The average Bonchev–Trinajstić information content (AvgIpc) is 2.46. The normalized spacial score (nSPS) is 9.75. The number of benzene rings is 2. The Hall–Kier alpha value is -3.06. The highest BCUT2D eigenvalue weighted by Gasteiger charge is 2.09. The summed E-state index contributed by atoms with van der Waals surface area (Å²) < 4.78 is 0. The molecule has 0 radical (unpaired) electrons. The first-order valence-electron chi connectivity index (χ1n) is 5.70. The van der Waals surface area contributed by atoms with Gasteiger partial charge >= 0.3 is 11.9 Å². The van der Waals surface area contributed by atoms with Gasteiger partial charge in [0.2, 0.25) is 0 Å². The second-order valence-corrected chi connectivity index (χ2v) is 4.13. The molecular weight excluding hydrogens is 256 g/mol. The van der Waals surface area contributed by atoms with E-state index in [1.807, 2.05) is 0 Å². The van der Waals surface area contributed by atoms with E-state index in [-0.39, 0.29) is 11.1 Å². The number of carboxylic acid groups (broad SMARTS) is 2. The van der Waals surface area contributed by atoms with Gasteiger partial charge in [-0.25, -0.2) is 9.59 Å². The third-order valence-corrected chi connectivity index (χ3v) is 2.79. The Morgan fingerprint density at radius 1 is 0.900 bits per heavy atom. The van der Waals surface area contributed by atoms with Gasteiger partial charge in [0.05, 0.1) is 11.1 Å². The Kier molecular flexibility index (Phi) is 3.54. The molecule has 0 aromatic heterocycles. The standard InChI is InChI=1S/C16H10O4/c1-2-10-6-13(9-14(7-10)16(19)20)11-4-3-5-12(8-11)15(17)18/h1,3-9H,(H,17,18)(H,19,20). The lowest BCUT2D eigenvalue weighted by molar-refractivity contribution is 0.0686. The van der Waals surface area contributed by atoms with Crippen LogP contribution in [-0.2, 0) is 0 Å². The average molecular weight is 266 g/mol. The quantitative estimate of drug-likeness (QED) is 0.838. The Bertz CT molecular complexity index is 738. The van der Waals surface area contributed by atoms with Crippen molar-refractivity contribution in [1.82, 2.24) is 0 Å². The second kappa shape index (κ2) is 5.29. The van der Waals surface area contributed by atoms with Gasteiger partial charge in [0, 0.05) is 5.56 Å². The van der Waals surface area contributed by atoms with Gasteiger partial charge in [0.1, 0.15) is 0 Å². The minimum absolute atomic E-state index is 0.0659. The highest BCUT2D eigenvalue weighted by Crippen LogP contribution is 2.23. The van der Waals surface area contributed by atoms with Gasteiger partial charge in [-0.1, -0.05) is 18.1 Å². The molecule has 0 unspecified atom stereocenters. The number of rotatable bonds is 3. The van der Waals surface area contributed by atoms with Crippen molar-refractivity contribution in [2.45, 2.75) is 0 Å². The highest BCUT2D eigenvalue weighted by molar-refractivity contribution is 5.92. The van der Waals surface area contributed by atoms with Crippen LogP contribution in [0.15, 0.2) is 42.5 Å². The number of carboxylic acids is 2. The number of hydrogen-bond acceptors (Lipinski definition) is 2. The number of terminal acetylenes is 1. The van der Waals surface area contributed by atoms with Crippen molar-refractivity contribution < 1.29 is 19.8 Å². The molecule has 2 aromatic carbocycles. The molecule has 0 aliphatic rings. The van der Waals surface area contributed by atoms with Gasteiger partial charge in [0.15, 0.2) is 0 Å². The van der Waals surface area contributed by atoms with E-state index in [4.69, 9.17) is 16.6 Å². The van der Waals surface area contributed by atoms with Crippen molar-refractivity contribution >= 4 is 11.9 Å². The molecule has 0 spiro atoms. The summed E-state index contributed by atoms with van der Waals surface area (Å²) in [5, 5.41) is 18.0. The molecule has 2 N–H and O–H groups in total. The van der Waals surface area contributed by atoms with Crippen LogP contribution in [0.5, 0.6) is 0 Å². The predicted molar refractivity (Wildman–Crippen MR) is 73.7 cm³/mol. The molecule has 0 saturated carbocycles. The summed E-state index contributed by atoms with van der Waals surface area (Å²) in [7, 11) is 0. The minimum atomic E-state index is -1.09. The van der Waals surface area contributed by atoms with Crippen molar-refractivity contribution in [3.05, 3.63) is 59.2 Å². The fourth-order valence-corrected chi connectivity index (χ4v) is 1.83. The van der Waals surface area contributed by atoms with Crippen LogP contribution in [0.3, 0.4) is 0 Å². The fourth-order valence-electron chi connectivity index (χ4n) is 1.83. The van der Waals surface area contributed by atoms with E-state index in [0.717, 1.165) is 0 Å². The summed E-state index contributed by atoms with van der Waals surface area (Å²) in [5.41, 5.74) is 1.80. The zero-order valence-corrected chi connectivity index (χ0v) is 10.3. The smallest absolute Gasteiger partial charge is 0.335 e. The largest absolute Gasteiger partial charge is 0.478 e. The highest BCUT2D eigenvalue weighted by atomic mass is 16.4. The Morgan fingerprint density at radius 3 is 2.15 bits per heavy atom. The zero-order valence-electron chi connectivity index (χ0n) is 10.3.